The Balaban J connectivity index is 2.07. The molecule has 0 aliphatic heterocycles. The van der Waals surface area contributed by atoms with Crippen LogP contribution in [0.4, 0.5) is 0 Å². The number of aliphatic hydroxyl groups is 1. The predicted molar refractivity (Wildman–Crippen MR) is 84.7 cm³/mol. The molecule has 0 saturated heterocycles. The fourth-order valence-electron chi connectivity index (χ4n) is 2.74. The molecule has 1 N–H and O–H groups in total. The summed E-state index contributed by atoms with van der Waals surface area (Å²) in [5.74, 6) is 0.117. The Hall–Kier alpha value is -0.910. The molecule has 1 aliphatic carbocycles. The van der Waals surface area contributed by atoms with Gasteiger partial charge in [0.05, 0.1) is 5.75 Å². The van der Waals surface area contributed by atoms with Gasteiger partial charge in [0, 0.05) is 19.2 Å². The van der Waals surface area contributed by atoms with Gasteiger partial charge in [-0.25, -0.2) is 8.42 Å². The highest BCUT2D eigenvalue weighted by Crippen LogP contribution is 2.29. The van der Waals surface area contributed by atoms with Crippen LogP contribution in [0, 0.1) is 0 Å². The van der Waals surface area contributed by atoms with Gasteiger partial charge in [0.2, 0.25) is 10.0 Å². The molecule has 1 saturated carbocycles. The van der Waals surface area contributed by atoms with E-state index in [0.717, 1.165) is 24.8 Å². The van der Waals surface area contributed by atoms with Crippen molar-refractivity contribution in [3.05, 3.63) is 35.9 Å². The van der Waals surface area contributed by atoms with Gasteiger partial charge in [0.15, 0.2) is 0 Å². The van der Waals surface area contributed by atoms with E-state index in [2.05, 4.69) is 0 Å². The van der Waals surface area contributed by atoms with Crippen molar-refractivity contribution in [1.29, 1.82) is 0 Å². The first kappa shape index (κ1) is 16.5. The standard InChI is InChI=1S/C16H25NO3S/c1-14(15-7-3-2-4-8-15)13-21(19,20)17(11-6-12-18)16-9-5-10-16/h2-4,7-8,14,16,18H,5-6,9-13H2,1H3. The molecule has 0 spiro atoms. The van der Waals surface area contributed by atoms with Crippen LogP contribution in [0.2, 0.25) is 0 Å². The van der Waals surface area contributed by atoms with Crippen molar-refractivity contribution in [2.75, 3.05) is 18.9 Å². The highest BCUT2D eigenvalue weighted by Gasteiger charge is 2.34. The monoisotopic (exact) mass is 311 g/mol. The molecule has 0 amide bonds. The van der Waals surface area contributed by atoms with Gasteiger partial charge in [-0.15, -0.1) is 0 Å². The van der Waals surface area contributed by atoms with Crippen LogP contribution in [0.5, 0.6) is 0 Å². The first-order valence-corrected chi connectivity index (χ1v) is 9.31. The molecule has 118 valence electrons. The number of nitrogens with zero attached hydrogens (tertiary/aromatic N) is 1. The molecule has 5 heteroatoms. The Labute approximate surface area is 127 Å². The van der Waals surface area contributed by atoms with E-state index >= 15 is 0 Å². The summed E-state index contributed by atoms with van der Waals surface area (Å²) in [7, 11) is -3.28. The molecular formula is C16H25NO3S. The summed E-state index contributed by atoms with van der Waals surface area (Å²) in [6.45, 7) is 2.43. The molecule has 1 unspecified atom stereocenters. The van der Waals surface area contributed by atoms with Crippen LogP contribution in [0.3, 0.4) is 0 Å². The molecular weight excluding hydrogens is 286 g/mol. The fraction of sp³-hybridized carbons (Fsp3) is 0.625. The van der Waals surface area contributed by atoms with E-state index in [1.165, 1.54) is 0 Å². The lowest BCUT2D eigenvalue weighted by molar-refractivity contribution is 0.198. The molecule has 0 heterocycles. The summed E-state index contributed by atoms with van der Waals surface area (Å²) < 4.78 is 27.0. The van der Waals surface area contributed by atoms with Crippen molar-refractivity contribution in [3.63, 3.8) is 0 Å². The highest BCUT2D eigenvalue weighted by molar-refractivity contribution is 7.89. The first-order chi connectivity index (χ1) is 10.0. The summed E-state index contributed by atoms with van der Waals surface area (Å²) >= 11 is 0. The van der Waals surface area contributed by atoms with Crippen molar-refractivity contribution in [1.82, 2.24) is 4.31 Å². The lowest BCUT2D eigenvalue weighted by Crippen LogP contribution is -2.46. The highest BCUT2D eigenvalue weighted by atomic mass is 32.2. The van der Waals surface area contributed by atoms with Crippen LogP contribution in [-0.4, -0.2) is 42.8 Å². The quantitative estimate of drug-likeness (QED) is 0.802. The maximum absolute atomic E-state index is 12.7. The minimum atomic E-state index is -3.28. The van der Waals surface area contributed by atoms with Crippen LogP contribution < -0.4 is 0 Å². The minimum absolute atomic E-state index is 0.0205. The van der Waals surface area contributed by atoms with Crippen LogP contribution >= 0.6 is 0 Å². The summed E-state index contributed by atoms with van der Waals surface area (Å²) in [5, 5.41) is 8.99. The largest absolute Gasteiger partial charge is 0.396 e. The van der Waals surface area contributed by atoms with E-state index in [0.29, 0.717) is 13.0 Å². The number of rotatable bonds is 8. The third-order valence-corrected chi connectivity index (χ3v) is 6.32. The van der Waals surface area contributed by atoms with E-state index in [1.54, 1.807) is 4.31 Å². The Morgan fingerprint density at radius 2 is 1.95 bits per heavy atom. The summed E-state index contributed by atoms with van der Waals surface area (Å²) in [6, 6.07) is 9.90. The maximum Gasteiger partial charge on any atom is 0.214 e. The Morgan fingerprint density at radius 1 is 1.29 bits per heavy atom. The average molecular weight is 311 g/mol. The predicted octanol–water partition coefficient (Wildman–Crippen LogP) is 2.36. The summed E-state index contributed by atoms with van der Waals surface area (Å²) in [5.41, 5.74) is 1.05. The van der Waals surface area contributed by atoms with Crippen molar-refractivity contribution in [2.45, 2.75) is 44.6 Å². The van der Waals surface area contributed by atoms with Gasteiger partial charge >= 0.3 is 0 Å². The maximum atomic E-state index is 12.7. The van der Waals surface area contributed by atoms with E-state index in [-0.39, 0.29) is 24.3 Å². The second-order valence-corrected chi connectivity index (χ2v) is 7.83. The van der Waals surface area contributed by atoms with Gasteiger partial charge < -0.3 is 5.11 Å². The third kappa shape index (κ3) is 4.28. The molecule has 1 aromatic carbocycles. The third-order valence-electron chi connectivity index (χ3n) is 4.21. The normalized spacial score (nSPS) is 17.7. The summed E-state index contributed by atoms with van der Waals surface area (Å²) in [6.07, 6.45) is 3.51. The molecule has 0 radical (unpaired) electrons. The van der Waals surface area contributed by atoms with Crippen LogP contribution in [0.1, 0.15) is 44.1 Å². The Bertz CT molecular complexity index is 526. The molecule has 1 aromatic rings. The fourth-order valence-corrected chi connectivity index (χ4v) is 4.83. The molecule has 0 aromatic heterocycles. The molecule has 4 nitrogen and oxygen atoms in total. The van der Waals surface area contributed by atoms with Gasteiger partial charge in [-0.3, -0.25) is 0 Å². The number of benzene rings is 1. The van der Waals surface area contributed by atoms with Crippen LogP contribution in [0.15, 0.2) is 30.3 Å². The minimum Gasteiger partial charge on any atom is -0.396 e. The Kier molecular flexibility index (Phi) is 5.79. The average Bonchev–Trinajstić information content (AvgIpc) is 2.41. The van der Waals surface area contributed by atoms with Crippen molar-refractivity contribution < 1.29 is 13.5 Å². The van der Waals surface area contributed by atoms with Crippen molar-refractivity contribution >= 4 is 10.0 Å². The van der Waals surface area contributed by atoms with Crippen molar-refractivity contribution in [2.24, 2.45) is 0 Å². The lowest BCUT2D eigenvalue weighted by atomic mass is 9.93. The zero-order valence-corrected chi connectivity index (χ0v) is 13.4. The summed E-state index contributed by atoms with van der Waals surface area (Å²) in [4.78, 5) is 0. The smallest absolute Gasteiger partial charge is 0.214 e. The first-order valence-electron chi connectivity index (χ1n) is 7.70. The molecule has 2 rings (SSSR count). The van der Waals surface area contributed by atoms with Gasteiger partial charge in [-0.1, -0.05) is 43.7 Å². The number of sulfonamides is 1. The zero-order chi connectivity index (χ0) is 15.3. The van der Waals surface area contributed by atoms with Crippen LogP contribution in [0.25, 0.3) is 0 Å². The van der Waals surface area contributed by atoms with Gasteiger partial charge in [-0.05, 0) is 30.7 Å². The van der Waals surface area contributed by atoms with E-state index in [9.17, 15) is 8.42 Å². The Morgan fingerprint density at radius 3 is 2.48 bits per heavy atom. The molecule has 21 heavy (non-hydrogen) atoms. The van der Waals surface area contributed by atoms with Gasteiger partial charge in [0.1, 0.15) is 0 Å². The SMILES string of the molecule is CC(CS(=O)(=O)N(CCCO)C1CCC1)c1ccccc1. The second-order valence-electron chi connectivity index (χ2n) is 5.86. The molecule has 1 atom stereocenters. The van der Waals surface area contributed by atoms with E-state index in [4.69, 9.17) is 5.11 Å². The van der Waals surface area contributed by atoms with E-state index in [1.807, 2.05) is 37.3 Å². The number of aliphatic hydroxyl groups excluding tert-OH is 1. The van der Waals surface area contributed by atoms with Gasteiger partial charge in [0.25, 0.3) is 0 Å². The van der Waals surface area contributed by atoms with Crippen molar-refractivity contribution in [3.8, 4) is 0 Å². The second kappa shape index (κ2) is 7.38. The van der Waals surface area contributed by atoms with E-state index < -0.39 is 10.0 Å². The topological polar surface area (TPSA) is 57.6 Å². The molecule has 1 fully saturated rings. The molecule has 1 aliphatic rings. The number of hydrogen-bond donors (Lipinski definition) is 1. The van der Waals surface area contributed by atoms with Gasteiger partial charge in [-0.2, -0.15) is 4.31 Å². The zero-order valence-electron chi connectivity index (χ0n) is 12.6. The number of hydrogen-bond acceptors (Lipinski definition) is 3. The van der Waals surface area contributed by atoms with Crippen LogP contribution in [-0.2, 0) is 10.0 Å². The molecule has 0 bridgehead atoms. The lowest BCUT2D eigenvalue weighted by Gasteiger charge is -2.37.